The number of piperazine rings is 1. The van der Waals surface area contributed by atoms with Crippen LogP contribution in [-0.2, 0) is 14.8 Å². The SMILES string of the molecule is Cc1cc(C)c(S(=O)(=O)N(CC(=O)NO)c2ccc(Nc3ccnc(N4CCNCC4)n3)cc2)c(C)c1. The summed E-state index contributed by atoms with van der Waals surface area (Å²) in [5, 5.41) is 15.6. The van der Waals surface area contributed by atoms with Gasteiger partial charge in [-0.25, -0.2) is 18.9 Å². The monoisotopic (exact) mass is 525 g/mol. The zero-order chi connectivity index (χ0) is 26.6. The minimum absolute atomic E-state index is 0.132. The zero-order valence-corrected chi connectivity index (χ0v) is 21.8. The second kappa shape index (κ2) is 11.1. The van der Waals surface area contributed by atoms with E-state index in [9.17, 15) is 13.2 Å². The highest BCUT2D eigenvalue weighted by molar-refractivity contribution is 7.93. The number of sulfonamides is 1. The van der Waals surface area contributed by atoms with Crippen molar-refractivity contribution in [3.8, 4) is 0 Å². The minimum atomic E-state index is -4.12. The van der Waals surface area contributed by atoms with Crippen molar-refractivity contribution in [2.45, 2.75) is 25.7 Å². The third-order valence-corrected chi connectivity index (χ3v) is 8.12. The second-order valence-electron chi connectivity index (χ2n) is 8.93. The lowest BCUT2D eigenvalue weighted by Crippen LogP contribution is -2.44. The summed E-state index contributed by atoms with van der Waals surface area (Å²) in [6.07, 6.45) is 1.69. The normalized spacial score (nSPS) is 13.8. The molecule has 0 aliphatic carbocycles. The first-order chi connectivity index (χ1) is 17.7. The van der Waals surface area contributed by atoms with Gasteiger partial charge in [-0.1, -0.05) is 17.7 Å². The Morgan fingerprint density at radius 3 is 2.35 bits per heavy atom. The molecule has 0 unspecified atom stereocenters. The summed E-state index contributed by atoms with van der Waals surface area (Å²) in [6, 6.07) is 11.9. The van der Waals surface area contributed by atoms with Crippen LogP contribution in [0.15, 0.2) is 53.6 Å². The van der Waals surface area contributed by atoms with Gasteiger partial charge in [0.15, 0.2) is 0 Å². The van der Waals surface area contributed by atoms with Crippen LogP contribution in [0.25, 0.3) is 0 Å². The van der Waals surface area contributed by atoms with Crippen LogP contribution in [0.5, 0.6) is 0 Å². The molecular weight excluding hydrogens is 494 g/mol. The lowest BCUT2D eigenvalue weighted by atomic mass is 10.1. The molecule has 1 aliphatic rings. The number of nitrogens with one attached hydrogen (secondary N) is 3. The molecule has 4 N–H and O–H groups in total. The van der Waals surface area contributed by atoms with Gasteiger partial charge in [-0.15, -0.1) is 0 Å². The van der Waals surface area contributed by atoms with Crippen molar-refractivity contribution < 1.29 is 18.4 Å². The predicted octanol–water partition coefficient (Wildman–Crippen LogP) is 2.26. The van der Waals surface area contributed by atoms with E-state index in [0.717, 1.165) is 36.0 Å². The Kier molecular flexibility index (Phi) is 7.91. The number of aryl methyl sites for hydroxylation is 3. The summed E-state index contributed by atoms with van der Waals surface area (Å²) >= 11 is 0. The standard InChI is InChI=1S/C25H31N7O4S/c1-17-14-18(2)24(19(3)15-17)37(35,36)32(16-23(33)30-34)21-6-4-20(5-7-21)28-22-8-9-27-25(29-22)31-12-10-26-11-13-31/h4-9,14-15,26,34H,10-13,16H2,1-3H3,(H,30,33)(H,27,28,29). The van der Waals surface area contributed by atoms with Gasteiger partial charge >= 0.3 is 0 Å². The number of nitrogens with zero attached hydrogens (tertiary/aromatic N) is 4. The maximum Gasteiger partial charge on any atom is 0.265 e. The molecule has 2 aromatic carbocycles. The molecule has 0 saturated carbocycles. The number of benzene rings is 2. The van der Waals surface area contributed by atoms with E-state index >= 15 is 0 Å². The number of amides is 1. The summed E-state index contributed by atoms with van der Waals surface area (Å²) in [4.78, 5) is 23.3. The second-order valence-corrected chi connectivity index (χ2v) is 10.7. The molecule has 1 aliphatic heterocycles. The number of hydrogen-bond acceptors (Lipinski definition) is 9. The van der Waals surface area contributed by atoms with Gasteiger partial charge in [0.05, 0.1) is 10.6 Å². The molecule has 1 amide bonds. The molecule has 1 aromatic heterocycles. The van der Waals surface area contributed by atoms with Gasteiger partial charge in [0.2, 0.25) is 5.95 Å². The molecule has 11 nitrogen and oxygen atoms in total. The molecule has 4 rings (SSSR count). The number of carbonyl (C=O) groups is 1. The van der Waals surface area contributed by atoms with E-state index in [1.807, 2.05) is 6.92 Å². The van der Waals surface area contributed by atoms with E-state index in [0.29, 0.717) is 28.6 Å². The van der Waals surface area contributed by atoms with Crippen molar-refractivity contribution in [1.82, 2.24) is 20.8 Å². The fourth-order valence-corrected chi connectivity index (χ4v) is 6.30. The summed E-state index contributed by atoms with van der Waals surface area (Å²) in [5.41, 5.74) is 4.58. The fraction of sp³-hybridized carbons (Fsp3) is 0.320. The van der Waals surface area contributed by atoms with Gasteiger partial charge in [0, 0.05) is 38.1 Å². The summed E-state index contributed by atoms with van der Waals surface area (Å²) < 4.78 is 28.4. The lowest BCUT2D eigenvalue weighted by Gasteiger charge is -2.27. The smallest absolute Gasteiger partial charge is 0.265 e. The molecular formula is C25H31N7O4S. The van der Waals surface area contributed by atoms with Crippen LogP contribution in [0, 0.1) is 20.8 Å². The highest BCUT2D eigenvalue weighted by Crippen LogP contribution is 2.30. The van der Waals surface area contributed by atoms with Crippen LogP contribution in [0.4, 0.5) is 23.1 Å². The highest BCUT2D eigenvalue weighted by Gasteiger charge is 2.30. The van der Waals surface area contributed by atoms with Crippen molar-refractivity contribution in [3.63, 3.8) is 0 Å². The van der Waals surface area contributed by atoms with Crippen LogP contribution >= 0.6 is 0 Å². The van der Waals surface area contributed by atoms with Crippen molar-refractivity contribution in [2.75, 3.05) is 47.2 Å². The van der Waals surface area contributed by atoms with E-state index < -0.39 is 22.5 Å². The molecule has 1 fully saturated rings. The van der Waals surface area contributed by atoms with Gasteiger partial charge in [0.1, 0.15) is 12.4 Å². The number of anilines is 4. The minimum Gasteiger partial charge on any atom is -0.340 e. The van der Waals surface area contributed by atoms with E-state index in [4.69, 9.17) is 5.21 Å². The maximum atomic E-state index is 13.7. The van der Waals surface area contributed by atoms with Crippen LogP contribution in [-0.4, -0.2) is 62.2 Å². The average molecular weight is 526 g/mol. The molecule has 12 heteroatoms. The largest absolute Gasteiger partial charge is 0.340 e. The van der Waals surface area contributed by atoms with Crippen LogP contribution in [0.1, 0.15) is 16.7 Å². The van der Waals surface area contributed by atoms with Crippen LogP contribution < -0.4 is 25.3 Å². The molecule has 0 atom stereocenters. The average Bonchev–Trinajstić information content (AvgIpc) is 2.87. The number of hydroxylamine groups is 1. The van der Waals surface area contributed by atoms with Gasteiger partial charge in [-0.05, 0) is 62.2 Å². The van der Waals surface area contributed by atoms with E-state index in [1.165, 1.54) is 5.48 Å². The van der Waals surface area contributed by atoms with E-state index in [-0.39, 0.29) is 10.6 Å². The Balaban J connectivity index is 1.61. The molecule has 0 bridgehead atoms. The Morgan fingerprint density at radius 2 is 1.73 bits per heavy atom. The Morgan fingerprint density at radius 1 is 1.08 bits per heavy atom. The molecule has 196 valence electrons. The molecule has 0 spiro atoms. The van der Waals surface area contributed by atoms with Crippen molar-refractivity contribution in [1.29, 1.82) is 0 Å². The van der Waals surface area contributed by atoms with Gasteiger partial charge in [-0.3, -0.25) is 14.3 Å². The quantitative estimate of drug-likeness (QED) is 0.257. The molecule has 37 heavy (non-hydrogen) atoms. The number of aromatic nitrogens is 2. The fourth-order valence-electron chi connectivity index (χ4n) is 4.46. The maximum absolute atomic E-state index is 13.7. The topological polar surface area (TPSA) is 140 Å². The number of rotatable bonds is 8. The third-order valence-electron chi connectivity index (χ3n) is 6.04. The summed E-state index contributed by atoms with van der Waals surface area (Å²) in [5.74, 6) is 0.389. The summed E-state index contributed by atoms with van der Waals surface area (Å²) in [6.45, 7) is 8.15. The summed E-state index contributed by atoms with van der Waals surface area (Å²) in [7, 11) is -4.12. The molecule has 1 saturated heterocycles. The van der Waals surface area contributed by atoms with Crippen molar-refractivity contribution in [2.24, 2.45) is 0 Å². The zero-order valence-electron chi connectivity index (χ0n) is 21.0. The Bertz CT molecular complexity index is 1350. The first kappa shape index (κ1) is 26.3. The van der Waals surface area contributed by atoms with E-state index in [1.54, 1.807) is 62.5 Å². The van der Waals surface area contributed by atoms with Gasteiger partial charge in [0.25, 0.3) is 15.9 Å². The molecule has 3 aromatic rings. The third kappa shape index (κ3) is 5.98. The van der Waals surface area contributed by atoms with Crippen LogP contribution in [0.2, 0.25) is 0 Å². The van der Waals surface area contributed by atoms with Gasteiger partial charge in [-0.2, -0.15) is 4.98 Å². The van der Waals surface area contributed by atoms with Gasteiger partial charge < -0.3 is 15.5 Å². The predicted molar refractivity (Wildman–Crippen MR) is 142 cm³/mol. The number of hydrogen-bond donors (Lipinski definition) is 4. The Labute approximate surface area is 216 Å². The lowest BCUT2D eigenvalue weighted by molar-refractivity contribution is -0.127. The molecule has 2 heterocycles. The highest BCUT2D eigenvalue weighted by atomic mass is 32.2. The Hall–Kier alpha value is -3.74. The van der Waals surface area contributed by atoms with E-state index in [2.05, 4.69) is 25.5 Å². The first-order valence-corrected chi connectivity index (χ1v) is 13.3. The van der Waals surface area contributed by atoms with Crippen molar-refractivity contribution in [3.05, 3.63) is 65.4 Å². The molecule has 0 radical (unpaired) electrons. The number of carbonyl (C=O) groups excluding carboxylic acids is 1. The first-order valence-electron chi connectivity index (χ1n) is 11.9. The van der Waals surface area contributed by atoms with Crippen LogP contribution in [0.3, 0.4) is 0 Å². The van der Waals surface area contributed by atoms with Crippen molar-refractivity contribution >= 4 is 39.1 Å².